The lowest BCUT2D eigenvalue weighted by Gasteiger charge is -2.31. The van der Waals surface area contributed by atoms with Crippen molar-refractivity contribution in [2.45, 2.75) is 17.7 Å². The van der Waals surface area contributed by atoms with E-state index in [1.165, 1.54) is 16.8 Å². The average molecular weight is 340 g/mol. The monoisotopic (exact) mass is 340 g/mol. The minimum absolute atomic E-state index is 0.0961. The fourth-order valence-corrected chi connectivity index (χ4v) is 5.22. The quantitative estimate of drug-likeness (QED) is 0.854. The van der Waals surface area contributed by atoms with Gasteiger partial charge in [-0.3, -0.25) is 4.31 Å². The number of para-hydroxylation sites is 1. The third-order valence-corrected chi connectivity index (χ3v) is 6.18. The Morgan fingerprint density at radius 1 is 1.27 bits per heavy atom. The number of hydrogen-bond donors (Lipinski definition) is 0. The molecule has 2 aromatic rings. The molecule has 0 radical (unpaired) electrons. The molecule has 118 valence electrons. The van der Waals surface area contributed by atoms with E-state index in [4.69, 9.17) is 9.47 Å². The molecule has 0 N–H and O–H groups in total. The predicted octanol–water partition coefficient (Wildman–Crippen LogP) is 2.30. The molecule has 6 nitrogen and oxygen atoms in total. The number of ether oxygens (including phenoxy) is 2. The third kappa shape index (κ3) is 2.32. The normalized spacial score (nSPS) is 14.5. The van der Waals surface area contributed by atoms with Crippen molar-refractivity contribution in [2.24, 2.45) is 0 Å². The number of methoxy groups -OCH3 is 2. The molecule has 0 spiro atoms. The number of sulfonamides is 1. The van der Waals surface area contributed by atoms with Crippen LogP contribution >= 0.6 is 11.5 Å². The van der Waals surface area contributed by atoms with Gasteiger partial charge in [0.1, 0.15) is 5.75 Å². The number of hydrogen-bond acceptors (Lipinski definition) is 6. The molecular weight excluding hydrogens is 324 g/mol. The molecule has 0 unspecified atom stereocenters. The highest BCUT2D eigenvalue weighted by atomic mass is 32.2. The summed E-state index contributed by atoms with van der Waals surface area (Å²) in [5, 5.41) is 1.50. The Kier molecular flexibility index (Phi) is 3.96. The second-order valence-electron chi connectivity index (χ2n) is 4.84. The van der Waals surface area contributed by atoms with Gasteiger partial charge in [-0.25, -0.2) is 8.42 Å². The summed E-state index contributed by atoms with van der Waals surface area (Å²) in [4.78, 5) is 0.0961. The molecule has 2 heterocycles. The van der Waals surface area contributed by atoms with Gasteiger partial charge in [-0.1, -0.05) is 12.1 Å². The number of rotatable bonds is 4. The second-order valence-corrected chi connectivity index (χ2v) is 7.30. The van der Waals surface area contributed by atoms with E-state index >= 15 is 0 Å². The topological polar surface area (TPSA) is 68.7 Å². The maximum absolute atomic E-state index is 13.0. The number of fused-ring (bicyclic) bond motifs is 1. The summed E-state index contributed by atoms with van der Waals surface area (Å²) in [6.07, 6.45) is 1.59. The summed E-state index contributed by atoms with van der Waals surface area (Å²) in [7, 11) is -0.772. The van der Waals surface area contributed by atoms with Crippen LogP contribution in [0.3, 0.4) is 0 Å². The van der Waals surface area contributed by atoms with Crippen molar-refractivity contribution in [3.05, 3.63) is 29.1 Å². The van der Waals surface area contributed by atoms with Crippen molar-refractivity contribution < 1.29 is 17.9 Å². The Balaban J connectivity index is 2.15. The summed E-state index contributed by atoms with van der Waals surface area (Å²) >= 11 is 1.06. The van der Waals surface area contributed by atoms with Crippen LogP contribution in [0.4, 0.5) is 5.69 Å². The van der Waals surface area contributed by atoms with Crippen LogP contribution in [0.25, 0.3) is 0 Å². The van der Waals surface area contributed by atoms with Crippen molar-refractivity contribution in [1.82, 2.24) is 4.37 Å². The van der Waals surface area contributed by atoms with E-state index in [9.17, 15) is 8.42 Å². The summed E-state index contributed by atoms with van der Waals surface area (Å²) in [6, 6.07) is 5.58. The summed E-state index contributed by atoms with van der Waals surface area (Å²) in [6.45, 7) is 0.411. The minimum atomic E-state index is -3.73. The first kappa shape index (κ1) is 15.1. The highest BCUT2D eigenvalue weighted by Gasteiger charge is 2.34. The van der Waals surface area contributed by atoms with Crippen molar-refractivity contribution in [3.8, 4) is 11.6 Å². The Morgan fingerprint density at radius 3 is 2.82 bits per heavy atom. The van der Waals surface area contributed by atoms with E-state index in [1.54, 1.807) is 13.2 Å². The van der Waals surface area contributed by atoms with Crippen molar-refractivity contribution in [2.75, 3.05) is 25.1 Å². The predicted molar refractivity (Wildman–Crippen MR) is 84.5 cm³/mol. The van der Waals surface area contributed by atoms with E-state index in [0.29, 0.717) is 18.0 Å². The van der Waals surface area contributed by atoms with Crippen LogP contribution in [0, 0.1) is 0 Å². The Hall–Kier alpha value is -1.80. The smallest absolute Gasteiger partial charge is 0.270 e. The molecule has 1 aromatic carbocycles. The van der Waals surface area contributed by atoms with Crippen molar-refractivity contribution >= 4 is 27.2 Å². The highest BCUT2D eigenvalue weighted by molar-refractivity contribution is 7.93. The molecule has 0 bridgehead atoms. The van der Waals surface area contributed by atoms with Crippen LogP contribution in [0.2, 0.25) is 0 Å². The fraction of sp³-hybridized carbons (Fsp3) is 0.357. The van der Waals surface area contributed by atoms with Crippen LogP contribution in [0.5, 0.6) is 11.6 Å². The molecule has 1 aliphatic rings. The molecule has 1 aromatic heterocycles. The van der Waals surface area contributed by atoms with Crippen LogP contribution in [0.15, 0.2) is 28.5 Å². The van der Waals surface area contributed by atoms with E-state index in [-0.39, 0.29) is 10.8 Å². The standard InChI is InChI=1S/C14H16N2O4S2/c1-19-11-7-3-5-10-6-4-8-16(13(10)11)22(17,18)12-9-21-15-14(12)20-2/h3,5,7,9H,4,6,8H2,1-2H3. The van der Waals surface area contributed by atoms with Gasteiger partial charge in [-0.15, -0.1) is 0 Å². The molecule has 0 fully saturated rings. The minimum Gasteiger partial charge on any atom is -0.495 e. The molecule has 0 aliphatic carbocycles. The zero-order chi connectivity index (χ0) is 15.7. The first-order valence-electron chi connectivity index (χ1n) is 6.76. The second kappa shape index (κ2) is 5.77. The Morgan fingerprint density at radius 2 is 2.09 bits per heavy atom. The molecule has 0 saturated heterocycles. The van der Waals surface area contributed by atoms with Gasteiger partial charge >= 0.3 is 0 Å². The van der Waals surface area contributed by atoms with Crippen LogP contribution in [-0.4, -0.2) is 33.6 Å². The first-order chi connectivity index (χ1) is 10.6. The van der Waals surface area contributed by atoms with E-state index in [0.717, 1.165) is 29.9 Å². The van der Waals surface area contributed by atoms with Crippen LogP contribution < -0.4 is 13.8 Å². The zero-order valence-electron chi connectivity index (χ0n) is 12.3. The third-order valence-electron chi connectivity index (χ3n) is 3.63. The molecule has 0 saturated carbocycles. The zero-order valence-corrected chi connectivity index (χ0v) is 13.9. The molecule has 1 aliphatic heterocycles. The van der Waals surface area contributed by atoms with Gasteiger partial charge in [0.15, 0.2) is 4.90 Å². The molecular formula is C14H16N2O4S2. The number of aromatic nitrogens is 1. The fourth-order valence-electron chi connectivity index (χ4n) is 2.63. The summed E-state index contributed by atoms with van der Waals surface area (Å²) in [5.41, 5.74) is 1.58. The van der Waals surface area contributed by atoms with Gasteiger partial charge in [0.25, 0.3) is 10.0 Å². The highest BCUT2D eigenvalue weighted by Crippen LogP contribution is 2.40. The molecule has 0 amide bonds. The summed E-state index contributed by atoms with van der Waals surface area (Å²) < 4.78 is 41.8. The Labute approximate surface area is 133 Å². The van der Waals surface area contributed by atoms with Gasteiger partial charge in [0.05, 0.1) is 19.9 Å². The van der Waals surface area contributed by atoms with Crippen LogP contribution in [0.1, 0.15) is 12.0 Å². The molecule has 3 rings (SSSR count). The van der Waals surface area contributed by atoms with E-state index < -0.39 is 10.0 Å². The van der Waals surface area contributed by atoms with Gasteiger partial charge in [-0.05, 0) is 36.0 Å². The lowest BCUT2D eigenvalue weighted by Crippen LogP contribution is -2.35. The van der Waals surface area contributed by atoms with Crippen LogP contribution in [-0.2, 0) is 16.4 Å². The van der Waals surface area contributed by atoms with Gasteiger partial charge in [0, 0.05) is 11.9 Å². The van der Waals surface area contributed by atoms with Crippen molar-refractivity contribution in [3.63, 3.8) is 0 Å². The largest absolute Gasteiger partial charge is 0.495 e. The maximum atomic E-state index is 13.0. The van der Waals surface area contributed by atoms with Crippen molar-refractivity contribution in [1.29, 1.82) is 0 Å². The first-order valence-corrected chi connectivity index (χ1v) is 9.04. The molecule has 22 heavy (non-hydrogen) atoms. The lowest BCUT2D eigenvalue weighted by molar-refractivity contribution is 0.390. The molecule has 8 heteroatoms. The average Bonchev–Trinajstić information content (AvgIpc) is 3.03. The number of benzene rings is 1. The van der Waals surface area contributed by atoms with Gasteiger partial charge in [0.2, 0.25) is 5.88 Å². The number of anilines is 1. The summed E-state index contributed by atoms with van der Waals surface area (Å²) in [5.74, 6) is 0.690. The van der Waals surface area contributed by atoms with E-state index in [1.807, 2.05) is 12.1 Å². The van der Waals surface area contributed by atoms with Gasteiger partial charge < -0.3 is 9.47 Å². The molecule has 0 atom stereocenters. The van der Waals surface area contributed by atoms with Gasteiger partial charge in [-0.2, -0.15) is 4.37 Å². The Bertz CT molecular complexity index is 772. The lowest BCUT2D eigenvalue weighted by atomic mass is 10.0. The number of aryl methyl sites for hydroxylation is 1. The SMILES string of the molecule is COc1cccc2c1N(S(=O)(=O)c1csnc1OC)CCC2. The maximum Gasteiger partial charge on any atom is 0.270 e. The van der Waals surface area contributed by atoms with E-state index in [2.05, 4.69) is 4.37 Å². The number of nitrogens with zero attached hydrogens (tertiary/aromatic N) is 2.